The monoisotopic (exact) mass is 269 g/mol. The fraction of sp³-hybridized carbons (Fsp3) is 0.500. The second kappa shape index (κ2) is 3.80. The number of para-hydroxylation sites is 2. The topological polar surface area (TPSA) is 9.23 Å². The molecule has 0 aromatic heterocycles. The van der Waals surface area contributed by atoms with Crippen molar-refractivity contribution < 1.29 is 21.7 Å². The molecule has 0 aliphatic carbocycles. The van der Waals surface area contributed by atoms with Crippen molar-refractivity contribution in [3.63, 3.8) is 0 Å². The van der Waals surface area contributed by atoms with E-state index in [1.807, 2.05) is 0 Å². The Hall–Kier alpha value is -0.540. The first-order valence-corrected chi connectivity index (χ1v) is 5.42. The third-order valence-corrected chi connectivity index (χ3v) is 3.64. The first kappa shape index (κ1) is 11.0. The molecule has 0 saturated carbocycles. The lowest BCUT2D eigenvalue weighted by molar-refractivity contribution is -0.00000388. The quantitative estimate of drug-likeness (QED) is 0.579. The van der Waals surface area contributed by atoms with E-state index in [-0.39, 0.29) is 17.0 Å². The Morgan fingerprint density at radius 1 is 1.27 bits per heavy atom. The van der Waals surface area contributed by atoms with Crippen LogP contribution in [0.3, 0.4) is 0 Å². The number of fused-ring (bicyclic) bond motifs is 3. The summed E-state index contributed by atoms with van der Waals surface area (Å²) in [6.45, 7) is 1.22. The fourth-order valence-electron chi connectivity index (χ4n) is 2.76. The number of benzene rings is 1. The number of hydrogen-bond donors (Lipinski definition) is 0. The summed E-state index contributed by atoms with van der Waals surface area (Å²) in [7, 11) is 2.30. The minimum Gasteiger partial charge on any atom is -1.00 e. The molecule has 82 valence electrons. The normalized spacial score (nSPS) is 32.2. The van der Waals surface area contributed by atoms with E-state index in [1.54, 1.807) is 0 Å². The summed E-state index contributed by atoms with van der Waals surface area (Å²) in [5.74, 6) is 1.10. The molecule has 1 fully saturated rings. The van der Waals surface area contributed by atoms with Crippen molar-refractivity contribution in [1.82, 2.24) is 4.48 Å². The minimum atomic E-state index is 0. The molecule has 0 bridgehead atoms. The molecule has 1 aromatic rings. The number of hydrogen-bond acceptors (Lipinski definition) is 1. The highest BCUT2D eigenvalue weighted by molar-refractivity contribution is 5.58. The zero-order chi connectivity index (χ0) is 9.60. The second-order valence-electron chi connectivity index (χ2n) is 4.53. The van der Waals surface area contributed by atoms with Crippen LogP contribution in [0, 0.1) is 0 Å². The van der Waals surface area contributed by atoms with Crippen molar-refractivity contribution in [1.29, 1.82) is 0 Å². The van der Waals surface area contributed by atoms with Gasteiger partial charge in [-0.3, -0.25) is 4.48 Å². The molecule has 2 aliphatic rings. The molecule has 2 heterocycles. The highest BCUT2D eigenvalue weighted by Gasteiger charge is 2.46. The van der Waals surface area contributed by atoms with Crippen LogP contribution in [-0.2, 0) is 0 Å². The van der Waals surface area contributed by atoms with Crippen LogP contribution in [0.4, 0.5) is 5.69 Å². The lowest BCUT2D eigenvalue weighted by Gasteiger charge is -2.37. The van der Waals surface area contributed by atoms with Crippen molar-refractivity contribution >= 4 is 5.69 Å². The molecule has 0 spiro atoms. The van der Waals surface area contributed by atoms with Gasteiger partial charge in [0.15, 0.2) is 11.4 Å². The number of quaternary nitrogens is 1. The standard InChI is InChI=1S/C12H16NO.BrH/c1-13-9-5-4-8-12(13)14-11-7-3-2-6-10(11)13;/h2-3,6-7,12H,4-5,8-9H2,1H3;1H/q+1;/p-1. The van der Waals surface area contributed by atoms with E-state index in [0.717, 1.165) is 10.2 Å². The molecule has 2 atom stereocenters. The van der Waals surface area contributed by atoms with Gasteiger partial charge in [0.1, 0.15) is 0 Å². The van der Waals surface area contributed by atoms with Crippen LogP contribution in [0.15, 0.2) is 24.3 Å². The highest BCUT2D eigenvalue weighted by Crippen LogP contribution is 2.44. The summed E-state index contributed by atoms with van der Waals surface area (Å²) < 4.78 is 6.98. The van der Waals surface area contributed by atoms with Gasteiger partial charge in [-0.05, 0) is 18.9 Å². The molecule has 0 radical (unpaired) electrons. The first-order chi connectivity index (χ1) is 6.81. The number of rotatable bonds is 0. The van der Waals surface area contributed by atoms with Crippen molar-refractivity contribution in [2.75, 3.05) is 13.6 Å². The molecule has 2 unspecified atom stereocenters. The number of piperidine rings is 1. The fourth-order valence-corrected chi connectivity index (χ4v) is 2.76. The van der Waals surface area contributed by atoms with Gasteiger partial charge in [0.2, 0.25) is 6.23 Å². The van der Waals surface area contributed by atoms with Crippen LogP contribution in [0.5, 0.6) is 5.75 Å². The summed E-state index contributed by atoms with van der Waals surface area (Å²) in [6.07, 6.45) is 4.21. The average Bonchev–Trinajstić information content (AvgIpc) is 2.51. The van der Waals surface area contributed by atoms with Gasteiger partial charge < -0.3 is 21.7 Å². The van der Waals surface area contributed by atoms with Gasteiger partial charge >= 0.3 is 0 Å². The molecule has 0 N–H and O–H groups in total. The second-order valence-corrected chi connectivity index (χ2v) is 4.53. The summed E-state index contributed by atoms with van der Waals surface area (Å²) in [6, 6.07) is 8.48. The van der Waals surface area contributed by atoms with Crippen molar-refractivity contribution in [2.24, 2.45) is 0 Å². The zero-order valence-electron chi connectivity index (χ0n) is 8.95. The Morgan fingerprint density at radius 3 is 2.93 bits per heavy atom. The molecule has 15 heavy (non-hydrogen) atoms. The maximum atomic E-state index is 5.99. The molecule has 3 rings (SSSR count). The SMILES string of the molecule is C[N+]12CCCCC1Oc1ccccc12.[Br-]. The van der Waals surface area contributed by atoms with Crippen LogP contribution in [0.2, 0.25) is 0 Å². The molecule has 2 aliphatic heterocycles. The average molecular weight is 270 g/mol. The Labute approximate surface area is 101 Å². The molecule has 0 amide bonds. The highest BCUT2D eigenvalue weighted by atomic mass is 79.9. The summed E-state index contributed by atoms with van der Waals surface area (Å²) in [4.78, 5) is 0. The molecule has 1 saturated heterocycles. The predicted octanol–water partition coefficient (Wildman–Crippen LogP) is -0.470. The third-order valence-electron chi connectivity index (χ3n) is 3.64. The Bertz CT molecular complexity index is 368. The van der Waals surface area contributed by atoms with Gasteiger partial charge in [0.25, 0.3) is 0 Å². The van der Waals surface area contributed by atoms with Crippen molar-refractivity contribution in [3.05, 3.63) is 24.3 Å². The van der Waals surface area contributed by atoms with E-state index in [0.29, 0.717) is 6.23 Å². The van der Waals surface area contributed by atoms with Gasteiger partial charge in [0, 0.05) is 12.5 Å². The van der Waals surface area contributed by atoms with E-state index in [9.17, 15) is 0 Å². The van der Waals surface area contributed by atoms with Crippen LogP contribution >= 0.6 is 0 Å². The van der Waals surface area contributed by atoms with Crippen LogP contribution in [0.25, 0.3) is 0 Å². The van der Waals surface area contributed by atoms with Gasteiger partial charge in [0.05, 0.1) is 13.6 Å². The third kappa shape index (κ3) is 1.49. The Morgan fingerprint density at radius 2 is 2.07 bits per heavy atom. The molecular weight excluding hydrogens is 254 g/mol. The summed E-state index contributed by atoms with van der Waals surface area (Å²) >= 11 is 0. The molecular formula is C12H16BrNO. The predicted molar refractivity (Wildman–Crippen MR) is 57.3 cm³/mol. The van der Waals surface area contributed by atoms with Crippen molar-refractivity contribution in [2.45, 2.75) is 25.5 Å². The lowest BCUT2D eigenvalue weighted by Crippen LogP contribution is -3.00. The van der Waals surface area contributed by atoms with Gasteiger partial charge in [-0.15, -0.1) is 0 Å². The van der Waals surface area contributed by atoms with Gasteiger partial charge in [-0.25, -0.2) is 0 Å². The molecule has 1 aromatic carbocycles. The van der Waals surface area contributed by atoms with E-state index < -0.39 is 0 Å². The van der Waals surface area contributed by atoms with Crippen LogP contribution in [-0.4, -0.2) is 19.8 Å². The lowest BCUT2D eigenvalue weighted by atomic mass is 10.1. The van der Waals surface area contributed by atoms with Crippen LogP contribution in [0.1, 0.15) is 19.3 Å². The van der Waals surface area contributed by atoms with E-state index >= 15 is 0 Å². The largest absolute Gasteiger partial charge is 1.00 e. The van der Waals surface area contributed by atoms with E-state index in [2.05, 4.69) is 31.3 Å². The molecule has 3 heteroatoms. The summed E-state index contributed by atoms with van der Waals surface area (Å²) in [5.41, 5.74) is 1.37. The zero-order valence-corrected chi connectivity index (χ0v) is 10.5. The number of halogens is 1. The maximum Gasteiger partial charge on any atom is 0.238 e. The van der Waals surface area contributed by atoms with Gasteiger partial charge in [-0.2, -0.15) is 0 Å². The van der Waals surface area contributed by atoms with E-state index in [1.165, 1.54) is 31.5 Å². The molecule has 2 nitrogen and oxygen atoms in total. The van der Waals surface area contributed by atoms with E-state index in [4.69, 9.17) is 4.74 Å². The van der Waals surface area contributed by atoms with Gasteiger partial charge in [-0.1, -0.05) is 12.1 Å². The smallest absolute Gasteiger partial charge is 0.238 e. The number of ether oxygens (including phenoxy) is 1. The first-order valence-electron chi connectivity index (χ1n) is 5.42. The van der Waals surface area contributed by atoms with Crippen LogP contribution < -0.4 is 26.2 Å². The maximum absolute atomic E-state index is 5.99. The summed E-state index contributed by atoms with van der Waals surface area (Å²) in [5, 5.41) is 0. The Balaban J connectivity index is 0.000000853. The minimum absolute atomic E-state index is 0. The number of nitrogens with zero attached hydrogens (tertiary/aromatic N) is 1. The Kier molecular flexibility index (Phi) is 2.77. The van der Waals surface area contributed by atoms with Crippen molar-refractivity contribution in [3.8, 4) is 5.75 Å².